The van der Waals surface area contributed by atoms with Crippen LogP contribution in [0.1, 0.15) is 355 Å². The average molecular weight is 1130 g/mol. The van der Waals surface area contributed by atoms with E-state index in [2.05, 4.69) is 106 Å². The number of allylic oxidation sites excluding steroid dienone is 14. The summed E-state index contributed by atoms with van der Waals surface area (Å²) < 4.78 is 16.9. The molecule has 468 valence electrons. The number of carbonyl (C=O) groups excluding carboxylic acids is 3. The van der Waals surface area contributed by atoms with Crippen LogP contribution in [0, 0.1) is 0 Å². The Morgan fingerprint density at radius 2 is 0.506 bits per heavy atom. The van der Waals surface area contributed by atoms with Crippen molar-refractivity contribution >= 4 is 17.9 Å². The summed E-state index contributed by atoms with van der Waals surface area (Å²) in [4.78, 5) is 38.3. The Hall–Kier alpha value is -3.41. The Morgan fingerprint density at radius 1 is 0.259 bits per heavy atom. The van der Waals surface area contributed by atoms with Crippen LogP contribution in [-0.2, 0) is 28.6 Å². The van der Waals surface area contributed by atoms with Gasteiger partial charge in [-0.25, -0.2) is 0 Å². The molecule has 0 saturated carbocycles. The molecule has 0 aromatic rings. The summed E-state index contributed by atoms with van der Waals surface area (Å²) in [5, 5.41) is 0. The van der Waals surface area contributed by atoms with Crippen molar-refractivity contribution in [1.82, 2.24) is 0 Å². The highest BCUT2D eigenvalue weighted by Crippen LogP contribution is 2.18. The van der Waals surface area contributed by atoms with Crippen LogP contribution in [0.5, 0.6) is 0 Å². The van der Waals surface area contributed by atoms with Crippen LogP contribution in [0.25, 0.3) is 0 Å². The van der Waals surface area contributed by atoms with Crippen molar-refractivity contribution in [3.63, 3.8) is 0 Å². The van der Waals surface area contributed by atoms with Gasteiger partial charge in [0, 0.05) is 19.3 Å². The number of hydrogen-bond acceptors (Lipinski definition) is 6. The highest BCUT2D eigenvalue weighted by atomic mass is 16.6. The molecule has 0 spiro atoms. The minimum atomic E-state index is -0.801. The molecule has 1 unspecified atom stereocenters. The molecular weight excluding hydrogens is 997 g/mol. The molecule has 6 nitrogen and oxygen atoms in total. The molecule has 0 aliphatic rings. The van der Waals surface area contributed by atoms with Crippen LogP contribution in [-0.4, -0.2) is 37.2 Å². The fourth-order valence-corrected chi connectivity index (χ4v) is 10.2. The van der Waals surface area contributed by atoms with Crippen molar-refractivity contribution in [1.29, 1.82) is 0 Å². The summed E-state index contributed by atoms with van der Waals surface area (Å²) in [5.41, 5.74) is 0. The van der Waals surface area contributed by atoms with E-state index in [9.17, 15) is 14.4 Å². The predicted molar refractivity (Wildman–Crippen MR) is 353 cm³/mol. The van der Waals surface area contributed by atoms with Crippen molar-refractivity contribution in [3.8, 4) is 0 Å². The predicted octanol–water partition coefficient (Wildman–Crippen LogP) is 24.2. The summed E-state index contributed by atoms with van der Waals surface area (Å²) in [6.07, 6.45) is 92.0. The molecule has 0 radical (unpaired) electrons. The molecule has 81 heavy (non-hydrogen) atoms. The van der Waals surface area contributed by atoms with E-state index in [1.165, 1.54) is 186 Å². The Morgan fingerprint density at radius 3 is 0.815 bits per heavy atom. The van der Waals surface area contributed by atoms with Gasteiger partial charge in [-0.2, -0.15) is 0 Å². The second-order valence-corrected chi connectivity index (χ2v) is 23.4. The summed E-state index contributed by atoms with van der Waals surface area (Å²) in [6.45, 7) is 6.47. The first kappa shape index (κ1) is 77.6. The Balaban J connectivity index is 4.21. The number of carbonyl (C=O) groups is 3. The van der Waals surface area contributed by atoms with Gasteiger partial charge < -0.3 is 14.2 Å². The first-order valence-corrected chi connectivity index (χ1v) is 35.1. The van der Waals surface area contributed by atoms with Gasteiger partial charge in [0.05, 0.1) is 0 Å². The molecule has 0 rings (SSSR count). The monoisotopic (exact) mass is 1130 g/mol. The number of ether oxygens (including phenoxy) is 3. The van der Waals surface area contributed by atoms with Gasteiger partial charge in [-0.3, -0.25) is 14.4 Å². The van der Waals surface area contributed by atoms with Gasteiger partial charge in [-0.1, -0.05) is 331 Å². The third-order valence-corrected chi connectivity index (χ3v) is 15.4. The Labute approximate surface area is 503 Å². The molecule has 0 saturated heterocycles. The van der Waals surface area contributed by atoms with Crippen LogP contribution in [0.4, 0.5) is 0 Å². The molecule has 0 fully saturated rings. The molecule has 1 atom stereocenters. The molecular formula is C75H132O6. The van der Waals surface area contributed by atoms with Crippen molar-refractivity contribution in [2.45, 2.75) is 361 Å². The second-order valence-electron chi connectivity index (χ2n) is 23.4. The van der Waals surface area contributed by atoms with Gasteiger partial charge in [-0.05, 0) is 89.9 Å². The lowest BCUT2D eigenvalue weighted by Crippen LogP contribution is -2.30. The van der Waals surface area contributed by atoms with E-state index in [0.717, 1.165) is 128 Å². The van der Waals surface area contributed by atoms with E-state index >= 15 is 0 Å². The third kappa shape index (κ3) is 67.3. The Kier molecular flexibility index (Phi) is 66.2. The maximum Gasteiger partial charge on any atom is 0.306 e. The highest BCUT2D eigenvalue weighted by Gasteiger charge is 2.19. The lowest BCUT2D eigenvalue weighted by Gasteiger charge is -2.18. The van der Waals surface area contributed by atoms with E-state index in [1.54, 1.807) is 0 Å². The smallest absolute Gasteiger partial charge is 0.306 e. The molecule has 0 N–H and O–H groups in total. The van der Waals surface area contributed by atoms with Gasteiger partial charge in [0.15, 0.2) is 6.10 Å². The molecule has 6 heteroatoms. The van der Waals surface area contributed by atoms with E-state index in [1.807, 2.05) is 0 Å². The largest absolute Gasteiger partial charge is 0.462 e. The van der Waals surface area contributed by atoms with Crippen molar-refractivity contribution in [3.05, 3.63) is 85.1 Å². The first-order chi connectivity index (χ1) is 40.0. The maximum atomic E-state index is 12.9. The fourth-order valence-electron chi connectivity index (χ4n) is 10.2. The zero-order valence-corrected chi connectivity index (χ0v) is 53.8. The van der Waals surface area contributed by atoms with Gasteiger partial charge in [-0.15, -0.1) is 0 Å². The highest BCUT2D eigenvalue weighted by molar-refractivity contribution is 5.71. The van der Waals surface area contributed by atoms with Gasteiger partial charge in [0.2, 0.25) is 0 Å². The van der Waals surface area contributed by atoms with Gasteiger partial charge >= 0.3 is 17.9 Å². The normalized spacial score (nSPS) is 12.6. The van der Waals surface area contributed by atoms with Crippen molar-refractivity contribution in [2.75, 3.05) is 13.2 Å². The Bertz CT molecular complexity index is 1530. The lowest BCUT2D eigenvalue weighted by atomic mass is 10.0. The molecule has 0 aromatic carbocycles. The number of hydrogen-bond donors (Lipinski definition) is 0. The molecule has 0 heterocycles. The zero-order valence-electron chi connectivity index (χ0n) is 53.8. The standard InChI is InChI=1S/C75H132O6/c1-4-7-10-13-16-19-22-25-27-29-31-32-33-34-35-36-37-38-39-40-41-42-44-45-47-50-53-56-59-62-65-68-74(77)80-71-72(70-79-73(76)67-64-61-58-55-52-49-24-21-18-15-12-9-6-3)81-75(78)69-66-63-60-57-54-51-48-46-43-30-28-26-23-20-17-14-11-8-5-2/h8,11-12,15,17,20-21,24,26,28,43,46,51,54,72H,4-7,9-10,13-14,16,18-19,22-23,25,27,29-42,44-45,47-50,52-53,55-71H2,1-3H3/b11-8-,15-12-,20-17-,24-21-,28-26-,46-43-,54-51-. The summed E-state index contributed by atoms with van der Waals surface area (Å²) in [7, 11) is 0. The summed E-state index contributed by atoms with van der Waals surface area (Å²) in [6, 6.07) is 0. The molecule has 0 bridgehead atoms. The molecule has 0 amide bonds. The van der Waals surface area contributed by atoms with Crippen molar-refractivity contribution in [2.24, 2.45) is 0 Å². The van der Waals surface area contributed by atoms with Crippen LogP contribution >= 0.6 is 0 Å². The fraction of sp³-hybridized carbons (Fsp3) is 0.773. The van der Waals surface area contributed by atoms with Crippen LogP contribution in [0.2, 0.25) is 0 Å². The van der Waals surface area contributed by atoms with Crippen LogP contribution in [0.3, 0.4) is 0 Å². The maximum absolute atomic E-state index is 12.9. The molecule has 0 aliphatic heterocycles. The third-order valence-electron chi connectivity index (χ3n) is 15.4. The lowest BCUT2D eigenvalue weighted by molar-refractivity contribution is -0.167. The van der Waals surface area contributed by atoms with Crippen LogP contribution < -0.4 is 0 Å². The van der Waals surface area contributed by atoms with Crippen molar-refractivity contribution < 1.29 is 28.6 Å². The zero-order chi connectivity index (χ0) is 58.5. The number of rotatable bonds is 64. The second kappa shape index (κ2) is 69.1. The minimum absolute atomic E-state index is 0.0923. The quantitative estimate of drug-likeness (QED) is 0.0261. The number of unbranched alkanes of at least 4 members (excludes halogenated alkanes) is 39. The molecule has 0 aliphatic carbocycles. The van der Waals surface area contributed by atoms with E-state index in [0.29, 0.717) is 12.8 Å². The van der Waals surface area contributed by atoms with Crippen LogP contribution in [0.15, 0.2) is 85.1 Å². The topological polar surface area (TPSA) is 78.9 Å². The van der Waals surface area contributed by atoms with E-state index < -0.39 is 6.10 Å². The number of esters is 3. The summed E-state index contributed by atoms with van der Waals surface area (Å²) in [5.74, 6) is -0.925. The van der Waals surface area contributed by atoms with E-state index in [-0.39, 0.29) is 37.5 Å². The van der Waals surface area contributed by atoms with E-state index in [4.69, 9.17) is 14.2 Å². The van der Waals surface area contributed by atoms with Gasteiger partial charge in [0.1, 0.15) is 13.2 Å². The first-order valence-electron chi connectivity index (χ1n) is 35.1. The summed E-state index contributed by atoms with van der Waals surface area (Å²) >= 11 is 0. The SMILES string of the molecule is CC/C=C\C/C=C\C/C=C\C/C=C\C/C=C\CCCCCC(=O)OC(COC(=O)CCCCCCC/C=C\C/C=C\CCC)COC(=O)CCCCCCCCCCCCCCCCCCCCCCCCCCCCCCCCC. The molecule has 0 aromatic heterocycles. The average Bonchev–Trinajstić information content (AvgIpc) is 3.46. The minimum Gasteiger partial charge on any atom is -0.462 e. The van der Waals surface area contributed by atoms with Gasteiger partial charge in [0.25, 0.3) is 0 Å².